The van der Waals surface area contributed by atoms with Gasteiger partial charge in [0.25, 0.3) is 5.91 Å². The highest BCUT2D eigenvalue weighted by atomic mass is 16.5. The number of amides is 1. The molecule has 31 heavy (non-hydrogen) atoms. The number of rotatable bonds is 4. The largest absolute Gasteiger partial charge is 0.483 e. The highest BCUT2D eigenvalue weighted by Crippen LogP contribution is 2.41. The number of aryl methyl sites for hydroxylation is 1. The number of carbonyl (C=O) groups excluding carboxylic acids is 1. The molecule has 1 aromatic heterocycles. The van der Waals surface area contributed by atoms with E-state index in [4.69, 9.17) is 19.2 Å². The summed E-state index contributed by atoms with van der Waals surface area (Å²) >= 11 is 0. The first-order valence-electron chi connectivity index (χ1n) is 10.9. The smallest absolute Gasteiger partial charge is 0.266 e. The summed E-state index contributed by atoms with van der Waals surface area (Å²) in [6, 6.07) is 5.85. The maximum atomic E-state index is 13.1. The third kappa shape index (κ3) is 4.04. The number of aromatic nitrogens is 2. The Hall–Kier alpha value is -2.87. The summed E-state index contributed by atoms with van der Waals surface area (Å²) in [7, 11) is 0. The van der Waals surface area contributed by atoms with Gasteiger partial charge in [-0.2, -0.15) is 4.98 Å². The molecule has 1 fully saturated rings. The number of morpholine rings is 1. The average Bonchev–Trinajstić information content (AvgIpc) is 3.11. The molecule has 0 saturated carbocycles. The topological polar surface area (TPSA) is 77.0 Å². The van der Waals surface area contributed by atoms with Gasteiger partial charge in [0.15, 0.2) is 18.1 Å². The van der Waals surface area contributed by atoms with E-state index in [1.165, 1.54) is 0 Å². The number of nitrogens with zero attached hydrogens (tertiary/aromatic N) is 4. The van der Waals surface area contributed by atoms with Crippen LogP contribution in [0.4, 0.5) is 11.8 Å². The molecule has 0 bridgehead atoms. The van der Waals surface area contributed by atoms with Gasteiger partial charge in [-0.25, -0.2) is 4.98 Å². The van der Waals surface area contributed by atoms with Crippen LogP contribution in [-0.4, -0.2) is 60.9 Å². The highest BCUT2D eigenvalue weighted by molar-refractivity contribution is 5.94. The second-order valence-corrected chi connectivity index (χ2v) is 8.84. The fraction of sp³-hybridized carbons (Fsp3) is 0.522. The lowest BCUT2D eigenvalue weighted by Crippen LogP contribution is -2.41. The van der Waals surface area contributed by atoms with E-state index in [9.17, 15) is 4.79 Å². The van der Waals surface area contributed by atoms with Crippen LogP contribution >= 0.6 is 0 Å². The molecule has 4 heterocycles. The van der Waals surface area contributed by atoms with Crippen molar-refractivity contribution < 1.29 is 19.0 Å². The molecule has 1 aromatic carbocycles. The van der Waals surface area contributed by atoms with E-state index in [2.05, 4.69) is 23.7 Å². The van der Waals surface area contributed by atoms with Crippen LogP contribution in [0.3, 0.4) is 0 Å². The van der Waals surface area contributed by atoms with E-state index in [-0.39, 0.29) is 18.1 Å². The summed E-state index contributed by atoms with van der Waals surface area (Å²) in [5, 5.41) is 0. The molecule has 3 aliphatic rings. The number of hydrogen-bond donors (Lipinski definition) is 0. The number of hydrogen-bond acceptors (Lipinski definition) is 7. The highest BCUT2D eigenvalue weighted by Gasteiger charge is 2.33. The van der Waals surface area contributed by atoms with Crippen molar-refractivity contribution >= 4 is 17.7 Å². The molecule has 1 saturated heterocycles. The molecule has 2 aromatic rings. The first-order valence-corrected chi connectivity index (χ1v) is 10.9. The summed E-state index contributed by atoms with van der Waals surface area (Å²) in [6.45, 7) is 7.52. The molecule has 164 valence electrons. The Morgan fingerprint density at radius 2 is 2.03 bits per heavy atom. The summed E-state index contributed by atoms with van der Waals surface area (Å²) in [5.41, 5.74) is 1.85. The lowest BCUT2D eigenvalue weighted by molar-refractivity contribution is -0.120. The molecule has 5 rings (SSSR count). The molecule has 0 aliphatic carbocycles. The number of carbonyl (C=O) groups is 1. The van der Waals surface area contributed by atoms with E-state index in [0.717, 1.165) is 49.2 Å². The van der Waals surface area contributed by atoms with Crippen molar-refractivity contribution in [2.24, 2.45) is 0 Å². The molecule has 3 aliphatic heterocycles. The van der Waals surface area contributed by atoms with Crippen molar-refractivity contribution in [1.29, 1.82) is 0 Å². The predicted octanol–water partition coefficient (Wildman–Crippen LogP) is 2.38. The van der Waals surface area contributed by atoms with Crippen molar-refractivity contribution in [2.45, 2.75) is 38.7 Å². The molecule has 0 atom stereocenters. The molecule has 0 N–H and O–H groups in total. The zero-order valence-corrected chi connectivity index (χ0v) is 18.1. The van der Waals surface area contributed by atoms with Gasteiger partial charge in [0.1, 0.15) is 11.4 Å². The molecule has 0 radical (unpaired) electrons. The van der Waals surface area contributed by atoms with Crippen LogP contribution in [0.15, 0.2) is 24.4 Å². The van der Waals surface area contributed by atoms with Crippen molar-refractivity contribution in [3.05, 3.63) is 35.5 Å². The van der Waals surface area contributed by atoms with Crippen molar-refractivity contribution in [3.8, 4) is 11.5 Å². The minimum atomic E-state index is -0.259. The van der Waals surface area contributed by atoms with Gasteiger partial charge in [-0.15, -0.1) is 0 Å². The summed E-state index contributed by atoms with van der Waals surface area (Å²) in [4.78, 5) is 26.2. The lowest BCUT2D eigenvalue weighted by atomic mass is 10.0. The van der Waals surface area contributed by atoms with Crippen LogP contribution in [0.2, 0.25) is 0 Å². The Labute approximate surface area is 182 Å². The zero-order valence-electron chi connectivity index (χ0n) is 18.1. The molecule has 8 nitrogen and oxygen atoms in total. The van der Waals surface area contributed by atoms with E-state index in [1.807, 2.05) is 24.4 Å². The number of para-hydroxylation sites is 1. The van der Waals surface area contributed by atoms with Gasteiger partial charge in [0.05, 0.1) is 13.2 Å². The predicted molar refractivity (Wildman–Crippen MR) is 116 cm³/mol. The van der Waals surface area contributed by atoms with Crippen LogP contribution in [0.5, 0.6) is 11.5 Å². The van der Waals surface area contributed by atoms with Crippen molar-refractivity contribution in [2.75, 3.05) is 49.3 Å². The lowest BCUT2D eigenvalue weighted by Gasteiger charge is -2.31. The normalized spacial score (nSPS) is 19.4. The van der Waals surface area contributed by atoms with Crippen LogP contribution in [-0.2, 0) is 22.4 Å². The molecule has 8 heteroatoms. The monoisotopic (exact) mass is 424 g/mol. The first-order chi connectivity index (χ1) is 15.0. The van der Waals surface area contributed by atoms with Gasteiger partial charge < -0.3 is 19.1 Å². The standard InChI is InChI=1S/C23H28N4O4/c1-23(2)13-16-5-3-7-18(20(16)31-23)30-15-19(28)27-8-4-6-17-14-24-22(25-21(17)27)26-9-11-29-12-10-26/h3,5,7,14H,4,6,8-13,15H2,1-2H3. The maximum Gasteiger partial charge on any atom is 0.266 e. The molecule has 1 amide bonds. The number of benzene rings is 1. The Balaban J connectivity index is 1.32. The Kier molecular flexibility index (Phi) is 5.17. The summed E-state index contributed by atoms with van der Waals surface area (Å²) in [6.07, 6.45) is 4.44. The van der Waals surface area contributed by atoms with Crippen LogP contribution in [0.25, 0.3) is 0 Å². The molecule has 0 unspecified atom stereocenters. The van der Waals surface area contributed by atoms with Crippen molar-refractivity contribution in [3.63, 3.8) is 0 Å². The van der Waals surface area contributed by atoms with Gasteiger partial charge in [0, 0.05) is 43.4 Å². The van der Waals surface area contributed by atoms with Gasteiger partial charge in [0.2, 0.25) is 5.95 Å². The average molecular weight is 425 g/mol. The van der Waals surface area contributed by atoms with Crippen molar-refractivity contribution in [1.82, 2.24) is 9.97 Å². The Morgan fingerprint density at radius 1 is 1.19 bits per heavy atom. The number of fused-ring (bicyclic) bond motifs is 2. The minimum absolute atomic E-state index is 0.0590. The van der Waals surface area contributed by atoms with Crippen LogP contribution < -0.4 is 19.3 Å². The fourth-order valence-corrected chi connectivity index (χ4v) is 4.41. The molecular formula is C23H28N4O4. The minimum Gasteiger partial charge on any atom is -0.483 e. The van der Waals surface area contributed by atoms with E-state index < -0.39 is 0 Å². The van der Waals surface area contributed by atoms with E-state index >= 15 is 0 Å². The Morgan fingerprint density at radius 3 is 2.87 bits per heavy atom. The third-order valence-electron chi connectivity index (χ3n) is 5.91. The van der Waals surface area contributed by atoms with Crippen LogP contribution in [0.1, 0.15) is 31.4 Å². The summed E-state index contributed by atoms with van der Waals surface area (Å²) < 4.78 is 17.4. The zero-order chi connectivity index (χ0) is 21.4. The second-order valence-electron chi connectivity index (χ2n) is 8.84. The summed E-state index contributed by atoms with van der Waals surface area (Å²) in [5.74, 6) is 2.61. The number of ether oxygens (including phenoxy) is 3. The van der Waals surface area contributed by atoms with Gasteiger partial charge in [-0.05, 0) is 32.8 Å². The SMILES string of the molecule is CC1(C)Cc2cccc(OCC(=O)N3CCCc4cnc(N5CCOCC5)nc43)c2O1. The van der Waals surface area contributed by atoms with E-state index in [0.29, 0.717) is 37.3 Å². The number of anilines is 2. The third-order valence-corrected chi connectivity index (χ3v) is 5.91. The Bertz CT molecular complexity index is 988. The quantitative estimate of drug-likeness (QED) is 0.746. The second kappa shape index (κ2) is 8.00. The van der Waals surface area contributed by atoms with Gasteiger partial charge in [-0.1, -0.05) is 12.1 Å². The molecule has 0 spiro atoms. The van der Waals surface area contributed by atoms with E-state index in [1.54, 1.807) is 4.90 Å². The maximum absolute atomic E-state index is 13.1. The first kappa shape index (κ1) is 20.1. The van der Waals surface area contributed by atoms with Gasteiger partial charge >= 0.3 is 0 Å². The fourth-order valence-electron chi connectivity index (χ4n) is 4.41. The van der Waals surface area contributed by atoms with Gasteiger partial charge in [-0.3, -0.25) is 9.69 Å². The molecular weight excluding hydrogens is 396 g/mol. The van der Waals surface area contributed by atoms with Crippen LogP contribution in [0, 0.1) is 0 Å².